The van der Waals surface area contributed by atoms with E-state index >= 15 is 0 Å². The van der Waals surface area contributed by atoms with Crippen molar-refractivity contribution in [1.82, 2.24) is 5.32 Å². The summed E-state index contributed by atoms with van der Waals surface area (Å²) >= 11 is 6.25. The van der Waals surface area contributed by atoms with Crippen molar-refractivity contribution >= 4 is 17.6 Å². The van der Waals surface area contributed by atoms with Crippen LogP contribution in [0.1, 0.15) is 31.0 Å². The van der Waals surface area contributed by atoms with Gasteiger partial charge in [-0.2, -0.15) is 0 Å². The Morgan fingerprint density at radius 2 is 1.89 bits per heavy atom. The Bertz CT molecular complexity index is 767. The Morgan fingerprint density at radius 3 is 2.52 bits per heavy atom. The molecule has 1 atom stereocenters. The summed E-state index contributed by atoms with van der Waals surface area (Å²) in [4.78, 5) is 11.5. The van der Waals surface area contributed by atoms with E-state index in [9.17, 15) is 9.18 Å². The Kier molecular flexibility index (Phi) is 7.88. The molecule has 0 heterocycles. The molecule has 2 rings (SSSR count). The zero-order valence-corrected chi connectivity index (χ0v) is 16.3. The molecule has 0 aliphatic carbocycles. The highest BCUT2D eigenvalue weighted by molar-refractivity contribution is 6.31. The molecule has 2 aromatic rings. The van der Waals surface area contributed by atoms with Gasteiger partial charge in [0.1, 0.15) is 23.9 Å². The van der Waals surface area contributed by atoms with Crippen molar-refractivity contribution in [2.45, 2.75) is 26.5 Å². The summed E-state index contributed by atoms with van der Waals surface area (Å²) in [5, 5.41) is 3.29. The number of carbonyl (C=O) groups excluding carboxylic acids is 1. The molecule has 146 valence electrons. The summed E-state index contributed by atoms with van der Waals surface area (Å²) in [5.74, 6) is 0.532. The third-order valence-corrected chi connectivity index (χ3v) is 4.30. The fraction of sp³-hybridized carbons (Fsp3) is 0.350. The largest absolute Gasteiger partial charge is 0.497 e. The third kappa shape index (κ3) is 6.12. The summed E-state index contributed by atoms with van der Waals surface area (Å²) in [7, 11) is 1.59. The van der Waals surface area contributed by atoms with Crippen LogP contribution in [0.4, 0.5) is 4.39 Å². The maximum absolute atomic E-state index is 13.9. The first-order valence-corrected chi connectivity index (χ1v) is 8.96. The normalized spacial score (nSPS) is 11.7. The highest BCUT2D eigenvalue weighted by Crippen LogP contribution is 2.28. The van der Waals surface area contributed by atoms with Crippen molar-refractivity contribution in [1.29, 1.82) is 0 Å². The van der Waals surface area contributed by atoms with Gasteiger partial charge in [0.15, 0.2) is 0 Å². The van der Waals surface area contributed by atoms with Crippen LogP contribution in [-0.4, -0.2) is 26.2 Å². The minimum Gasteiger partial charge on any atom is -0.497 e. The van der Waals surface area contributed by atoms with Gasteiger partial charge in [0.25, 0.3) is 0 Å². The van der Waals surface area contributed by atoms with Gasteiger partial charge in [-0.05, 0) is 55.8 Å². The molecule has 0 saturated heterocycles. The van der Waals surface area contributed by atoms with Crippen LogP contribution in [0, 0.1) is 5.82 Å². The minimum atomic E-state index is -0.451. The topological polar surface area (TPSA) is 56.8 Å². The fourth-order valence-electron chi connectivity index (χ4n) is 2.55. The second kappa shape index (κ2) is 10.1. The van der Waals surface area contributed by atoms with Gasteiger partial charge in [-0.15, -0.1) is 0 Å². The number of halogens is 2. The molecule has 0 fully saturated rings. The van der Waals surface area contributed by atoms with E-state index in [1.54, 1.807) is 38.3 Å². The molecular formula is C20H23ClFNO4. The van der Waals surface area contributed by atoms with Crippen LogP contribution in [0.25, 0.3) is 0 Å². The zero-order chi connectivity index (χ0) is 19.8. The van der Waals surface area contributed by atoms with Gasteiger partial charge in [0, 0.05) is 11.6 Å². The van der Waals surface area contributed by atoms with Crippen molar-refractivity contribution in [2.75, 3.05) is 20.3 Å². The van der Waals surface area contributed by atoms with E-state index in [0.717, 1.165) is 5.75 Å². The molecule has 2 aromatic carbocycles. The van der Waals surface area contributed by atoms with Gasteiger partial charge in [0.2, 0.25) is 0 Å². The van der Waals surface area contributed by atoms with Crippen LogP contribution >= 0.6 is 11.6 Å². The number of hydrogen-bond acceptors (Lipinski definition) is 5. The lowest BCUT2D eigenvalue weighted by Crippen LogP contribution is -2.28. The number of carbonyl (C=O) groups is 1. The minimum absolute atomic E-state index is 0.0158. The van der Waals surface area contributed by atoms with Crippen molar-refractivity contribution in [3.8, 4) is 11.5 Å². The number of nitrogens with one attached hydrogen (secondary N) is 1. The fourth-order valence-corrected chi connectivity index (χ4v) is 2.82. The van der Waals surface area contributed by atoms with Crippen molar-refractivity contribution in [2.24, 2.45) is 0 Å². The first kappa shape index (κ1) is 21.0. The Hall–Kier alpha value is -2.31. The van der Waals surface area contributed by atoms with Gasteiger partial charge in [-0.3, -0.25) is 4.79 Å². The summed E-state index contributed by atoms with van der Waals surface area (Å²) in [5.41, 5.74) is 1.27. The lowest BCUT2D eigenvalue weighted by atomic mass is 10.0. The van der Waals surface area contributed by atoms with E-state index in [1.165, 1.54) is 12.1 Å². The summed E-state index contributed by atoms with van der Waals surface area (Å²) in [6.07, 6.45) is 0. The van der Waals surface area contributed by atoms with Crippen molar-refractivity contribution in [3.63, 3.8) is 0 Å². The summed E-state index contributed by atoms with van der Waals surface area (Å²) in [6.45, 7) is 4.04. The smallest absolute Gasteiger partial charge is 0.319 e. The molecule has 0 spiro atoms. The first-order valence-electron chi connectivity index (χ1n) is 8.58. The summed E-state index contributed by atoms with van der Waals surface area (Å²) in [6, 6.07) is 9.43. The van der Waals surface area contributed by atoms with Crippen LogP contribution in [-0.2, 0) is 16.1 Å². The SMILES string of the molecule is CCOC(=O)CNC(C)c1cc(F)cc(Cl)c1COc1ccc(OC)cc1. The molecule has 0 aromatic heterocycles. The van der Waals surface area contributed by atoms with Gasteiger partial charge < -0.3 is 19.5 Å². The molecular weight excluding hydrogens is 373 g/mol. The Labute approximate surface area is 163 Å². The predicted molar refractivity (Wildman–Crippen MR) is 102 cm³/mol. The average Bonchev–Trinajstić information content (AvgIpc) is 2.65. The Balaban J connectivity index is 2.13. The maximum atomic E-state index is 13.9. The van der Waals surface area contributed by atoms with Crippen LogP contribution in [0.2, 0.25) is 5.02 Å². The third-order valence-electron chi connectivity index (χ3n) is 3.96. The van der Waals surface area contributed by atoms with Gasteiger partial charge in [-0.25, -0.2) is 4.39 Å². The van der Waals surface area contributed by atoms with E-state index < -0.39 is 5.82 Å². The second-order valence-corrected chi connectivity index (χ2v) is 6.23. The monoisotopic (exact) mass is 395 g/mol. The number of ether oxygens (including phenoxy) is 3. The quantitative estimate of drug-likeness (QED) is 0.642. The van der Waals surface area contributed by atoms with Crippen LogP contribution < -0.4 is 14.8 Å². The van der Waals surface area contributed by atoms with Gasteiger partial charge >= 0.3 is 5.97 Å². The van der Waals surface area contributed by atoms with E-state index in [4.69, 9.17) is 25.8 Å². The van der Waals surface area contributed by atoms with E-state index in [-0.39, 0.29) is 30.2 Å². The van der Waals surface area contributed by atoms with E-state index in [1.807, 2.05) is 6.92 Å². The molecule has 0 aliphatic heterocycles. The Morgan fingerprint density at radius 1 is 1.22 bits per heavy atom. The molecule has 7 heteroatoms. The number of methoxy groups -OCH3 is 1. The number of benzene rings is 2. The van der Waals surface area contributed by atoms with Crippen LogP contribution in [0.5, 0.6) is 11.5 Å². The standard InChI is InChI=1S/C20H23ClFNO4/c1-4-26-20(24)11-23-13(2)17-9-14(22)10-19(21)18(17)12-27-16-7-5-15(25-3)6-8-16/h5-10,13,23H,4,11-12H2,1-3H3. The molecule has 1 unspecified atom stereocenters. The molecule has 27 heavy (non-hydrogen) atoms. The zero-order valence-electron chi connectivity index (χ0n) is 15.6. The van der Waals surface area contributed by atoms with E-state index in [0.29, 0.717) is 23.5 Å². The average molecular weight is 396 g/mol. The van der Waals surface area contributed by atoms with Gasteiger partial charge in [0.05, 0.1) is 25.3 Å². The van der Waals surface area contributed by atoms with Crippen LogP contribution in [0.15, 0.2) is 36.4 Å². The lowest BCUT2D eigenvalue weighted by Gasteiger charge is -2.19. The van der Waals surface area contributed by atoms with Crippen molar-refractivity contribution < 1.29 is 23.4 Å². The van der Waals surface area contributed by atoms with E-state index in [2.05, 4.69) is 5.32 Å². The molecule has 0 saturated carbocycles. The highest BCUT2D eigenvalue weighted by Gasteiger charge is 2.17. The lowest BCUT2D eigenvalue weighted by molar-refractivity contribution is -0.142. The molecule has 5 nitrogen and oxygen atoms in total. The number of esters is 1. The predicted octanol–water partition coefficient (Wildman–Crippen LogP) is 4.28. The van der Waals surface area contributed by atoms with Crippen molar-refractivity contribution in [3.05, 3.63) is 58.4 Å². The molecule has 0 radical (unpaired) electrons. The van der Waals surface area contributed by atoms with Crippen LogP contribution in [0.3, 0.4) is 0 Å². The molecule has 0 amide bonds. The van der Waals surface area contributed by atoms with Gasteiger partial charge in [-0.1, -0.05) is 11.6 Å². The summed E-state index contributed by atoms with van der Waals surface area (Å²) < 4.78 is 29.7. The highest BCUT2D eigenvalue weighted by atomic mass is 35.5. The molecule has 0 bridgehead atoms. The first-order chi connectivity index (χ1) is 12.9. The number of rotatable bonds is 9. The maximum Gasteiger partial charge on any atom is 0.319 e. The second-order valence-electron chi connectivity index (χ2n) is 5.83. The number of hydrogen-bond donors (Lipinski definition) is 1. The molecule has 1 N–H and O–H groups in total. The molecule has 0 aliphatic rings.